The average molecular weight is 285 g/mol. The van der Waals surface area contributed by atoms with E-state index in [0.29, 0.717) is 6.42 Å². The molecule has 0 spiro atoms. The summed E-state index contributed by atoms with van der Waals surface area (Å²) in [5, 5.41) is 5.19. The summed E-state index contributed by atoms with van der Waals surface area (Å²) in [6.45, 7) is 0. The zero-order valence-electron chi connectivity index (χ0n) is 12.0. The van der Waals surface area contributed by atoms with E-state index in [1.165, 1.54) is 5.39 Å². The molecule has 0 bridgehead atoms. The molecule has 1 N–H and O–H groups in total. The van der Waals surface area contributed by atoms with Gasteiger partial charge in [-0.3, -0.25) is 4.79 Å². The van der Waals surface area contributed by atoms with Gasteiger partial charge in [0.2, 0.25) is 5.91 Å². The van der Waals surface area contributed by atoms with Crippen molar-refractivity contribution in [2.24, 2.45) is 0 Å². The molecule has 3 aromatic carbocycles. The molecule has 2 nitrogen and oxygen atoms in total. The summed E-state index contributed by atoms with van der Waals surface area (Å²) in [5.74, 6) is 2.51. The number of benzene rings is 3. The second-order valence-corrected chi connectivity index (χ2v) is 5.13. The predicted molar refractivity (Wildman–Crippen MR) is 90.7 cm³/mol. The molecule has 3 aromatic rings. The number of rotatable bonds is 3. The SMILES string of the molecule is C#Cc1cccc(NC(=O)Cc2ccc3ccccc3c2)c1. The van der Waals surface area contributed by atoms with Gasteiger partial charge in [-0.15, -0.1) is 6.42 Å². The van der Waals surface area contributed by atoms with Crippen molar-refractivity contribution < 1.29 is 4.79 Å². The van der Waals surface area contributed by atoms with Crippen LogP contribution in [-0.2, 0) is 11.2 Å². The lowest BCUT2D eigenvalue weighted by atomic mass is 10.0. The second-order valence-electron chi connectivity index (χ2n) is 5.13. The lowest BCUT2D eigenvalue weighted by molar-refractivity contribution is -0.115. The molecule has 0 aliphatic heterocycles. The molecule has 0 aliphatic rings. The Morgan fingerprint density at radius 1 is 0.955 bits per heavy atom. The Morgan fingerprint density at radius 2 is 1.77 bits per heavy atom. The number of anilines is 1. The van der Waals surface area contributed by atoms with E-state index < -0.39 is 0 Å². The normalized spacial score (nSPS) is 10.1. The van der Waals surface area contributed by atoms with E-state index >= 15 is 0 Å². The molecule has 0 fully saturated rings. The van der Waals surface area contributed by atoms with Crippen LogP contribution in [0, 0.1) is 12.3 Å². The van der Waals surface area contributed by atoms with Gasteiger partial charge in [0.1, 0.15) is 0 Å². The van der Waals surface area contributed by atoms with Crippen molar-refractivity contribution in [3.63, 3.8) is 0 Å². The van der Waals surface area contributed by atoms with Crippen LogP contribution in [0.2, 0.25) is 0 Å². The highest BCUT2D eigenvalue weighted by Gasteiger charge is 2.05. The van der Waals surface area contributed by atoms with Gasteiger partial charge in [-0.05, 0) is 34.5 Å². The van der Waals surface area contributed by atoms with Crippen LogP contribution in [0.5, 0.6) is 0 Å². The predicted octanol–water partition coefficient (Wildman–Crippen LogP) is 4.00. The van der Waals surface area contributed by atoms with Gasteiger partial charge in [0.05, 0.1) is 6.42 Å². The maximum atomic E-state index is 12.2. The molecule has 22 heavy (non-hydrogen) atoms. The van der Waals surface area contributed by atoms with Crippen LogP contribution in [0.1, 0.15) is 11.1 Å². The van der Waals surface area contributed by atoms with E-state index in [2.05, 4.69) is 17.3 Å². The van der Waals surface area contributed by atoms with E-state index in [1.54, 1.807) is 6.07 Å². The average Bonchev–Trinajstić information content (AvgIpc) is 2.55. The molecule has 106 valence electrons. The second kappa shape index (κ2) is 6.15. The fraction of sp³-hybridized carbons (Fsp3) is 0.0500. The van der Waals surface area contributed by atoms with Gasteiger partial charge in [-0.25, -0.2) is 0 Å². The highest BCUT2D eigenvalue weighted by Crippen LogP contribution is 2.16. The highest BCUT2D eigenvalue weighted by atomic mass is 16.1. The van der Waals surface area contributed by atoms with Gasteiger partial charge in [-0.2, -0.15) is 0 Å². The van der Waals surface area contributed by atoms with Crippen molar-refractivity contribution in [3.8, 4) is 12.3 Å². The minimum atomic E-state index is -0.0514. The van der Waals surface area contributed by atoms with Gasteiger partial charge in [0.25, 0.3) is 0 Å². The summed E-state index contributed by atoms with van der Waals surface area (Å²) in [7, 11) is 0. The topological polar surface area (TPSA) is 29.1 Å². The van der Waals surface area contributed by atoms with Crippen LogP contribution in [0.3, 0.4) is 0 Å². The van der Waals surface area contributed by atoms with Gasteiger partial charge < -0.3 is 5.32 Å². The van der Waals surface area contributed by atoms with Crippen LogP contribution >= 0.6 is 0 Å². The van der Waals surface area contributed by atoms with Gasteiger partial charge in [-0.1, -0.05) is 54.5 Å². The Labute approximate surface area is 129 Å². The first-order chi connectivity index (χ1) is 10.7. The number of fused-ring (bicyclic) bond motifs is 1. The Kier molecular flexibility index (Phi) is 3.89. The molecular formula is C20H15NO. The number of carbonyl (C=O) groups excluding carboxylic acids is 1. The summed E-state index contributed by atoms with van der Waals surface area (Å²) < 4.78 is 0. The fourth-order valence-electron chi connectivity index (χ4n) is 2.43. The first kappa shape index (κ1) is 13.9. The molecule has 0 saturated carbocycles. The maximum Gasteiger partial charge on any atom is 0.228 e. The zero-order chi connectivity index (χ0) is 15.4. The number of hydrogen-bond donors (Lipinski definition) is 1. The fourth-order valence-corrected chi connectivity index (χ4v) is 2.43. The third-order valence-corrected chi connectivity index (χ3v) is 3.49. The summed E-state index contributed by atoms with van der Waals surface area (Å²) in [6, 6.07) is 21.5. The van der Waals surface area contributed by atoms with Crippen LogP contribution in [0.15, 0.2) is 66.7 Å². The number of terminal acetylenes is 1. The molecule has 0 unspecified atom stereocenters. The van der Waals surface area contributed by atoms with Crippen LogP contribution in [0.25, 0.3) is 10.8 Å². The third-order valence-electron chi connectivity index (χ3n) is 3.49. The zero-order valence-corrected chi connectivity index (χ0v) is 12.0. The molecular weight excluding hydrogens is 270 g/mol. The molecule has 0 saturated heterocycles. The largest absolute Gasteiger partial charge is 0.326 e. The van der Waals surface area contributed by atoms with Gasteiger partial charge >= 0.3 is 0 Å². The van der Waals surface area contributed by atoms with E-state index in [4.69, 9.17) is 6.42 Å². The van der Waals surface area contributed by atoms with Crippen LogP contribution in [-0.4, -0.2) is 5.91 Å². The minimum absolute atomic E-state index is 0.0514. The molecule has 2 heteroatoms. The molecule has 0 atom stereocenters. The Morgan fingerprint density at radius 3 is 2.59 bits per heavy atom. The van der Waals surface area contributed by atoms with Crippen LogP contribution < -0.4 is 5.32 Å². The quantitative estimate of drug-likeness (QED) is 0.724. The third kappa shape index (κ3) is 3.16. The maximum absolute atomic E-state index is 12.2. The highest BCUT2D eigenvalue weighted by molar-refractivity contribution is 5.93. The number of carbonyl (C=O) groups is 1. The van der Waals surface area contributed by atoms with Crippen LogP contribution in [0.4, 0.5) is 5.69 Å². The Hall–Kier alpha value is -3.05. The molecule has 0 radical (unpaired) electrons. The summed E-state index contributed by atoms with van der Waals surface area (Å²) in [5.41, 5.74) is 2.47. The molecule has 0 aliphatic carbocycles. The standard InChI is InChI=1S/C20H15NO/c1-2-15-6-5-9-19(13-15)21-20(22)14-16-10-11-17-7-3-4-8-18(17)12-16/h1,3-13H,14H2,(H,21,22). The summed E-state index contributed by atoms with van der Waals surface area (Å²) >= 11 is 0. The molecule has 0 aromatic heterocycles. The molecule has 3 rings (SSSR count). The molecule has 1 amide bonds. The number of nitrogens with one attached hydrogen (secondary N) is 1. The van der Waals surface area contributed by atoms with Gasteiger partial charge in [0, 0.05) is 11.3 Å². The Balaban J connectivity index is 1.74. The van der Waals surface area contributed by atoms with Crippen molar-refractivity contribution in [3.05, 3.63) is 77.9 Å². The Bertz CT molecular complexity index is 874. The lowest BCUT2D eigenvalue weighted by Gasteiger charge is -2.07. The molecule has 0 heterocycles. The monoisotopic (exact) mass is 285 g/mol. The van der Waals surface area contributed by atoms with Crippen molar-refractivity contribution in [2.75, 3.05) is 5.32 Å². The smallest absolute Gasteiger partial charge is 0.228 e. The lowest BCUT2D eigenvalue weighted by Crippen LogP contribution is -2.14. The number of hydrogen-bond acceptors (Lipinski definition) is 1. The number of amides is 1. The van der Waals surface area contributed by atoms with Gasteiger partial charge in [0.15, 0.2) is 0 Å². The van der Waals surface area contributed by atoms with E-state index in [1.807, 2.05) is 54.6 Å². The first-order valence-electron chi connectivity index (χ1n) is 7.09. The van der Waals surface area contributed by atoms with E-state index in [-0.39, 0.29) is 5.91 Å². The first-order valence-corrected chi connectivity index (χ1v) is 7.09. The van der Waals surface area contributed by atoms with Crippen molar-refractivity contribution in [1.29, 1.82) is 0 Å². The summed E-state index contributed by atoms with van der Waals surface area (Å²) in [6.07, 6.45) is 5.70. The van der Waals surface area contributed by atoms with Crippen molar-refractivity contribution >= 4 is 22.4 Å². The summed E-state index contributed by atoms with van der Waals surface area (Å²) in [4.78, 5) is 12.2. The van der Waals surface area contributed by atoms with E-state index in [9.17, 15) is 4.79 Å². The van der Waals surface area contributed by atoms with Crippen molar-refractivity contribution in [1.82, 2.24) is 0 Å². The van der Waals surface area contributed by atoms with Crippen molar-refractivity contribution in [2.45, 2.75) is 6.42 Å². The van der Waals surface area contributed by atoms with E-state index in [0.717, 1.165) is 22.2 Å². The minimum Gasteiger partial charge on any atom is -0.326 e.